The van der Waals surface area contributed by atoms with Gasteiger partial charge in [0.2, 0.25) is 0 Å². The normalized spacial score (nSPS) is 12.3. The first-order valence-electron chi connectivity index (χ1n) is 5.88. The first-order valence-corrected chi connectivity index (χ1v) is 6.63. The van der Waals surface area contributed by atoms with Crippen LogP contribution in [0, 0.1) is 6.92 Å². The SMILES string of the molecule is CNc1nc(NC(C)c2ccc(C)o2)c(Cl)cc1Cl. The van der Waals surface area contributed by atoms with Crippen molar-refractivity contribution in [1.82, 2.24) is 4.98 Å². The van der Waals surface area contributed by atoms with Gasteiger partial charge in [-0.2, -0.15) is 0 Å². The van der Waals surface area contributed by atoms with Gasteiger partial charge in [0.1, 0.15) is 23.2 Å². The van der Waals surface area contributed by atoms with Crippen LogP contribution in [0.15, 0.2) is 22.6 Å². The number of aryl methyl sites for hydroxylation is 1. The van der Waals surface area contributed by atoms with Gasteiger partial charge in [-0.3, -0.25) is 0 Å². The molecule has 0 aliphatic carbocycles. The van der Waals surface area contributed by atoms with E-state index in [1.807, 2.05) is 26.0 Å². The second-order valence-electron chi connectivity index (χ2n) is 4.21. The molecule has 6 heteroatoms. The van der Waals surface area contributed by atoms with Crippen molar-refractivity contribution in [2.75, 3.05) is 17.7 Å². The fraction of sp³-hybridized carbons (Fsp3) is 0.308. The lowest BCUT2D eigenvalue weighted by Crippen LogP contribution is -2.08. The molecule has 0 fully saturated rings. The van der Waals surface area contributed by atoms with E-state index in [-0.39, 0.29) is 6.04 Å². The molecule has 0 aliphatic heterocycles. The summed E-state index contributed by atoms with van der Waals surface area (Å²) in [5.41, 5.74) is 0. The Morgan fingerprint density at radius 2 is 1.89 bits per heavy atom. The van der Waals surface area contributed by atoms with Gasteiger partial charge in [-0.1, -0.05) is 23.2 Å². The molecule has 0 saturated carbocycles. The molecule has 2 rings (SSSR count). The van der Waals surface area contributed by atoms with Crippen LogP contribution in [0.4, 0.5) is 11.6 Å². The van der Waals surface area contributed by atoms with Gasteiger partial charge in [-0.15, -0.1) is 0 Å². The van der Waals surface area contributed by atoms with Crippen LogP contribution in [-0.4, -0.2) is 12.0 Å². The van der Waals surface area contributed by atoms with E-state index < -0.39 is 0 Å². The molecule has 0 aromatic carbocycles. The largest absolute Gasteiger partial charge is 0.464 e. The van der Waals surface area contributed by atoms with E-state index in [1.165, 1.54) is 0 Å². The van der Waals surface area contributed by atoms with Crippen molar-refractivity contribution >= 4 is 34.8 Å². The summed E-state index contributed by atoms with van der Waals surface area (Å²) < 4.78 is 5.56. The number of hydrogen-bond donors (Lipinski definition) is 2. The van der Waals surface area contributed by atoms with Gasteiger partial charge in [0.05, 0.1) is 16.1 Å². The van der Waals surface area contributed by atoms with Gasteiger partial charge in [0.25, 0.3) is 0 Å². The summed E-state index contributed by atoms with van der Waals surface area (Å²) in [7, 11) is 1.76. The highest BCUT2D eigenvalue weighted by Crippen LogP contribution is 2.31. The standard InChI is InChI=1S/C13H15Cl2N3O/c1-7-4-5-11(19-7)8(2)17-13-10(15)6-9(14)12(16-3)18-13/h4-6,8H,1-3H3,(H2,16,17,18). The van der Waals surface area contributed by atoms with Crippen molar-refractivity contribution in [1.29, 1.82) is 0 Å². The molecule has 1 atom stereocenters. The molecule has 2 aromatic rings. The molecule has 1 unspecified atom stereocenters. The Bertz CT molecular complexity index is 583. The van der Waals surface area contributed by atoms with Gasteiger partial charge in [-0.05, 0) is 32.0 Å². The van der Waals surface area contributed by atoms with Crippen LogP contribution in [-0.2, 0) is 0 Å². The van der Waals surface area contributed by atoms with E-state index in [1.54, 1.807) is 13.1 Å². The average molecular weight is 300 g/mol. The van der Waals surface area contributed by atoms with Gasteiger partial charge >= 0.3 is 0 Å². The molecule has 0 aliphatic rings. The first kappa shape index (κ1) is 14.0. The lowest BCUT2D eigenvalue weighted by atomic mass is 10.2. The van der Waals surface area contributed by atoms with Gasteiger partial charge in [0.15, 0.2) is 0 Å². The number of hydrogen-bond acceptors (Lipinski definition) is 4. The number of rotatable bonds is 4. The van der Waals surface area contributed by atoms with E-state index in [0.29, 0.717) is 21.7 Å². The Morgan fingerprint density at radius 3 is 2.47 bits per heavy atom. The van der Waals surface area contributed by atoms with Crippen molar-refractivity contribution in [3.8, 4) is 0 Å². The maximum absolute atomic E-state index is 6.13. The summed E-state index contributed by atoms with van der Waals surface area (Å²) in [6.07, 6.45) is 0. The number of aromatic nitrogens is 1. The monoisotopic (exact) mass is 299 g/mol. The summed E-state index contributed by atoms with van der Waals surface area (Å²) in [6, 6.07) is 5.47. The average Bonchev–Trinajstić information content (AvgIpc) is 2.79. The molecule has 2 N–H and O–H groups in total. The van der Waals surface area contributed by atoms with Crippen molar-refractivity contribution in [3.05, 3.63) is 39.8 Å². The minimum atomic E-state index is -0.0374. The molecule has 2 aromatic heterocycles. The maximum atomic E-state index is 6.13. The molecule has 102 valence electrons. The fourth-order valence-electron chi connectivity index (χ4n) is 1.71. The predicted octanol–water partition coefficient (Wildman–Crippen LogP) is 4.50. The Labute approximate surface area is 122 Å². The Balaban J connectivity index is 2.23. The third-order valence-electron chi connectivity index (χ3n) is 2.71. The van der Waals surface area contributed by atoms with Crippen LogP contribution in [0.2, 0.25) is 10.0 Å². The third-order valence-corrected chi connectivity index (χ3v) is 3.28. The van der Waals surface area contributed by atoms with Crippen LogP contribution < -0.4 is 10.6 Å². The van der Waals surface area contributed by atoms with E-state index in [4.69, 9.17) is 27.6 Å². The van der Waals surface area contributed by atoms with E-state index in [0.717, 1.165) is 11.5 Å². The van der Waals surface area contributed by atoms with Crippen LogP contribution in [0.5, 0.6) is 0 Å². The topological polar surface area (TPSA) is 50.1 Å². The fourth-order valence-corrected chi connectivity index (χ4v) is 2.21. The number of nitrogens with zero attached hydrogens (tertiary/aromatic N) is 1. The number of nitrogens with one attached hydrogen (secondary N) is 2. The minimum Gasteiger partial charge on any atom is -0.464 e. The molecular weight excluding hydrogens is 285 g/mol. The molecule has 19 heavy (non-hydrogen) atoms. The Hall–Kier alpha value is -1.39. The highest BCUT2D eigenvalue weighted by Gasteiger charge is 2.14. The lowest BCUT2D eigenvalue weighted by molar-refractivity contribution is 0.466. The summed E-state index contributed by atoms with van der Waals surface area (Å²) in [5, 5.41) is 7.08. The third kappa shape index (κ3) is 3.14. The lowest BCUT2D eigenvalue weighted by Gasteiger charge is -2.15. The number of anilines is 2. The van der Waals surface area contributed by atoms with Crippen molar-refractivity contribution in [3.63, 3.8) is 0 Å². The Morgan fingerprint density at radius 1 is 1.21 bits per heavy atom. The van der Waals surface area contributed by atoms with Crippen LogP contribution in [0.1, 0.15) is 24.5 Å². The molecule has 0 radical (unpaired) electrons. The second kappa shape index (κ2) is 5.72. The molecular formula is C13H15Cl2N3O. The predicted molar refractivity (Wildman–Crippen MR) is 79.3 cm³/mol. The zero-order chi connectivity index (χ0) is 14.0. The number of furan rings is 1. The van der Waals surface area contributed by atoms with Gasteiger partial charge in [-0.25, -0.2) is 4.98 Å². The smallest absolute Gasteiger partial charge is 0.147 e. The molecule has 0 saturated heterocycles. The highest BCUT2D eigenvalue weighted by molar-refractivity contribution is 6.37. The molecule has 0 amide bonds. The van der Waals surface area contributed by atoms with E-state index in [9.17, 15) is 0 Å². The first-order chi connectivity index (χ1) is 9.01. The summed E-state index contributed by atoms with van der Waals surface area (Å²) in [6.45, 7) is 3.88. The zero-order valence-corrected chi connectivity index (χ0v) is 12.4. The van der Waals surface area contributed by atoms with Crippen LogP contribution >= 0.6 is 23.2 Å². The van der Waals surface area contributed by atoms with Gasteiger partial charge < -0.3 is 15.1 Å². The number of halogens is 2. The van der Waals surface area contributed by atoms with Crippen molar-refractivity contribution < 1.29 is 4.42 Å². The molecule has 0 bridgehead atoms. The van der Waals surface area contributed by atoms with Crippen LogP contribution in [0.3, 0.4) is 0 Å². The van der Waals surface area contributed by atoms with Crippen molar-refractivity contribution in [2.24, 2.45) is 0 Å². The van der Waals surface area contributed by atoms with E-state index >= 15 is 0 Å². The van der Waals surface area contributed by atoms with Gasteiger partial charge in [0, 0.05) is 7.05 Å². The summed E-state index contributed by atoms with van der Waals surface area (Å²) in [5.74, 6) is 2.85. The molecule has 4 nitrogen and oxygen atoms in total. The minimum absolute atomic E-state index is 0.0374. The second-order valence-corrected chi connectivity index (χ2v) is 5.03. The summed E-state index contributed by atoms with van der Waals surface area (Å²) >= 11 is 12.1. The Kier molecular flexibility index (Phi) is 4.22. The molecule has 0 spiro atoms. The number of pyridine rings is 1. The highest BCUT2D eigenvalue weighted by atomic mass is 35.5. The summed E-state index contributed by atoms with van der Waals surface area (Å²) in [4.78, 5) is 4.33. The maximum Gasteiger partial charge on any atom is 0.147 e. The van der Waals surface area contributed by atoms with Crippen LogP contribution in [0.25, 0.3) is 0 Å². The zero-order valence-electron chi connectivity index (χ0n) is 10.9. The van der Waals surface area contributed by atoms with E-state index in [2.05, 4.69) is 15.6 Å². The quantitative estimate of drug-likeness (QED) is 0.872. The van der Waals surface area contributed by atoms with Crippen molar-refractivity contribution in [2.45, 2.75) is 19.9 Å². The molecule has 2 heterocycles.